The van der Waals surface area contributed by atoms with Gasteiger partial charge in [0.15, 0.2) is 0 Å². The van der Waals surface area contributed by atoms with Gasteiger partial charge in [0.2, 0.25) is 5.91 Å². The predicted octanol–water partition coefficient (Wildman–Crippen LogP) is 2.15. The second-order valence-corrected chi connectivity index (χ2v) is 6.14. The minimum atomic E-state index is -0.439. The first-order valence-electron chi connectivity index (χ1n) is 7.60. The molecule has 3 rings (SSSR count). The van der Waals surface area contributed by atoms with Crippen LogP contribution in [0.2, 0.25) is 5.02 Å². The highest BCUT2D eigenvalue weighted by Gasteiger charge is 2.13. The number of benzene rings is 1. The summed E-state index contributed by atoms with van der Waals surface area (Å²) in [4.78, 5) is 24.7. The fraction of sp³-hybridized carbons (Fsp3) is 0.235. The Morgan fingerprint density at radius 1 is 1.36 bits per heavy atom. The summed E-state index contributed by atoms with van der Waals surface area (Å²) in [6.45, 7) is 1.85. The number of rotatable bonds is 4. The molecule has 3 aromatic rings. The summed E-state index contributed by atoms with van der Waals surface area (Å²) in [6.07, 6.45) is 1.57. The Bertz CT molecular complexity index is 1030. The van der Waals surface area contributed by atoms with Crippen LogP contribution >= 0.6 is 11.6 Å². The molecule has 2 heterocycles. The van der Waals surface area contributed by atoms with Crippen molar-refractivity contribution in [1.29, 1.82) is 0 Å². The molecule has 25 heavy (non-hydrogen) atoms. The molecule has 130 valence electrons. The average molecular weight is 363 g/mol. The summed E-state index contributed by atoms with van der Waals surface area (Å²) < 4.78 is 15.9. The van der Waals surface area contributed by atoms with Crippen LogP contribution in [-0.2, 0) is 24.9 Å². The normalized spacial score (nSPS) is 11.0. The number of carbonyl (C=O) groups excluding carboxylic acids is 1. The van der Waals surface area contributed by atoms with Gasteiger partial charge in [-0.05, 0) is 30.7 Å². The SMILES string of the molecule is Cc1nn(C)c2c(=O)n(CC(=O)NCc3ccc(F)cc3Cl)ccc12. The largest absolute Gasteiger partial charge is 0.350 e. The molecule has 1 N–H and O–H groups in total. The number of hydrogen-bond donors (Lipinski definition) is 1. The van der Waals surface area contributed by atoms with Crippen LogP contribution in [0.4, 0.5) is 4.39 Å². The van der Waals surface area contributed by atoms with Gasteiger partial charge in [0.1, 0.15) is 17.9 Å². The van der Waals surface area contributed by atoms with Gasteiger partial charge >= 0.3 is 0 Å². The lowest BCUT2D eigenvalue weighted by Crippen LogP contribution is -2.32. The van der Waals surface area contributed by atoms with Crippen LogP contribution in [0.1, 0.15) is 11.3 Å². The molecule has 0 fully saturated rings. The number of nitrogens with zero attached hydrogens (tertiary/aromatic N) is 3. The molecule has 1 amide bonds. The lowest BCUT2D eigenvalue weighted by atomic mass is 10.2. The van der Waals surface area contributed by atoms with Crippen LogP contribution in [0.5, 0.6) is 0 Å². The van der Waals surface area contributed by atoms with E-state index in [4.69, 9.17) is 11.6 Å². The molecule has 0 aliphatic heterocycles. The average Bonchev–Trinajstić information content (AvgIpc) is 2.84. The third-order valence-corrected chi connectivity index (χ3v) is 4.31. The molecule has 8 heteroatoms. The van der Waals surface area contributed by atoms with E-state index in [9.17, 15) is 14.0 Å². The molecule has 0 aliphatic carbocycles. The molecule has 0 bridgehead atoms. The third kappa shape index (κ3) is 3.41. The third-order valence-electron chi connectivity index (χ3n) is 3.96. The molecular weight excluding hydrogens is 347 g/mol. The van der Waals surface area contributed by atoms with Crippen LogP contribution in [-0.4, -0.2) is 20.3 Å². The number of nitrogens with one attached hydrogen (secondary N) is 1. The topological polar surface area (TPSA) is 68.9 Å². The van der Waals surface area contributed by atoms with E-state index in [1.165, 1.54) is 27.4 Å². The number of halogens is 2. The molecule has 0 saturated heterocycles. The van der Waals surface area contributed by atoms with E-state index in [2.05, 4.69) is 10.4 Å². The predicted molar refractivity (Wildman–Crippen MR) is 93.0 cm³/mol. The van der Waals surface area contributed by atoms with Crippen molar-refractivity contribution in [3.8, 4) is 0 Å². The van der Waals surface area contributed by atoms with Gasteiger partial charge in [-0.25, -0.2) is 4.39 Å². The Morgan fingerprint density at radius 2 is 2.12 bits per heavy atom. The standard InChI is InChI=1S/C17H16ClFN4O2/c1-10-13-5-6-23(17(25)16(13)22(2)21-10)9-15(24)20-8-11-3-4-12(19)7-14(11)18/h3-7H,8-9H2,1-2H3,(H,20,24). The fourth-order valence-electron chi connectivity index (χ4n) is 2.69. The summed E-state index contributed by atoms with van der Waals surface area (Å²) in [5.41, 5.74) is 1.53. The van der Waals surface area contributed by atoms with Gasteiger partial charge in [0.05, 0.1) is 5.69 Å². The monoisotopic (exact) mass is 362 g/mol. The van der Waals surface area contributed by atoms with Crippen LogP contribution in [0, 0.1) is 12.7 Å². The Labute approximate surface area is 147 Å². The van der Waals surface area contributed by atoms with Crippen molar-refractivity contribution in [3.05, 3.63) is 62.9 Å². The zero-order chi connectivity index (χ0) is 18.1. The van der Waals surface area contributed by atoms with Gasteiger partial charge in [0, 0.05) is 30.2 Å². The van der Waals surface area contributed by atoms with Crippen molar-refractivity contribution < 1.29 is 9.18 Å². The number of pyridine rings is 1. The Morgan fingerprint density at radius 3 is 2.84 bits per heavy atom. The Hall–Kier alpha value is -2.67. The van der Waals surface area contributed by atoms with E-state index in [1.807, 2.05) is 6.92 Å². The van der Waals surface area contributed by atoms with Gasteiger partial charge in [-0.15, -0.1) is 0 Å². The second kappa shape index (κ2) is 6.68. The number of aromatic nitrogens is 3. The first-order chi connectivity index (χ1) is 11.9. The van der Waals surface area contributed by atoms with E-state index >= 15 is 0 Å². The van der Waals surface area contributed by atoms with Gasteiger partial charge in [-0.1, -0.05) is 17.7 Å². The van der Waals surface area contributed by atoms with Crippen molar-refractivity contribution in [3.63, 3.8) is 0 Å². The molecule has 0 saturated carbocycles. The van der Waals surface area contributed by atoms with Crippen LogP contribution in [0.3, 0.4) is 0 Å². The quantitative estimate of drug-likeness (QED) is 0.773. The molecule has 0 spiro atoms. The van der Waals surface area contributed by atoms with Gasteiger partial charge < -0.3 is 9.88 Å². The molecule has 0 atom stereocenters. The molecule has 0 unspecified atom stereocenters. The highest BCUT2D eigenvalue weighted by Crippen LogP contribution is 2.17. The maximum absolute atomic E-state index is 13.0. The number of aryl methyl sites for hydroxylation is 2. The Balaban J connectivity index is 1.75. The van der Waals surface area contributed by atoms with E-state index in [0.29, 0.717) is 11.1 Å². The summed E-state index contributed by atoms with van der Waals surface area (Å²) >= 11 is 5.93. The van der Waals surface area contributed by atoms with Crippen molar-refractivity contribution in [1.82, 2.24) is 19.7 Å². The van der Waals surface area contributed by atoms with Gasteiger partial charge in [-0.3, -0.25) is 14.3 Å². The number of carbonyl (C=O) groups is 1. The molecular formula is C17H16ClFN4O2. The summed E-state index contributed by atoms with van der Waals surface area (Å²) in [5.74, 6) is -0.785. The van der Waals surface area contributed by atoms with Crippen molar-refractivity contribution >= 4 is 28.4 Å². The van der Waals surface area contributed by atoms with Crippen LogP contribution in [0.25, 0.3) is 10.9 Å². The molecule has 2 aromatic heterocycles. The summed E-state index contributed by atoms with van der Waals surface area (Å²) in [5, 5.41) is 7.90. The van der Waals surface area contributed by atoms with Crippen LogP contribution < -0.4 is 10.9 Å². The Kier molecular flexibility index (Phi) is 4.59. The first-order valence-corrected chi connectivity index (χ1v) is 7.98. The number of fused-ring (bicyclic) bond motifs is 1. The smallest absolute Gasteiger partial charge is 0.277 e. The van der Waals surface area contributed by atoms with Crippen molar-refractivity contribution in [2.75, 3.05) is 0 Å². The minimum Gasteiger partial charge on any atom is -0.350 e. The molecule has 1 aromatic carbocycles. The lowest BCUT2D eigenvalue weighted by Gasteiger charge is -2.09. The summed E-state index contributed by atoms with van der Waals surface area (Å²) in [7, 11) is 1.69. The van der Waals surface area contributed by atoms with Crippen molar-refractivity contribution in [2.24, 2.45) is 7.05 Å². The van der Waals surface area contributed by atoms with Crippen LogP contribution in [0.15, 0.2) is 35.3 Å². The molecule has 6 nitrogen and oxygen atoms in total. The second-order valence-electron chi connectivity index (χ2n) is 5.73. The zero-order valence-corrected chi connectivity index (χ0v) is 14.5. The molecule has 0 aliphatic rings. The minimum absolute atomic E-state index is 0.127. The first kappa shape index (κ1) is 17.2. The number of hydrogen-bond acceptors (Lipinski definition) is 3. The number of amides is 1. The maximum atomic E-state index is 13.0. The highest BCUT2D eigenvalue weighted by molar-refractivity contribution is 6.31. The van der Waals surface area contributed by atoms with E-state index in [-0.39, 0.29) is 29.6 Å². The van der Waals surface area contributed by atoms with E-state index < -0.39 is 5.82 Å². The zero-order valence-electron chi connectivity index (χ0n) is 13.7. The van der Waals surface area contributed by atoms with Gasteiger partial charge in [-0.2, -0.15) is 5.10 Å². The van der Waals surface area contributed by atoms with Gasteiger partial charge in [0.25, 0.3) is 5.56 Å². The maximum Gasteiger partial charge on any atom is 0.277 e. The fourth-order valence-corrected chi connectivity index (χ4v) is 2.92. The van der Waals surface area contributed by atoms with Crippen molar-refractivity contribution in [2.45, 2.75) is 20.0 Å². The summed E-state index contributed by atoms with van der Waals surface area (Å²) in [6, 6.07) is 5.74. The lowest BCUT2D eigenvalue weighted by molar-refractivity contribution is -0.121. The highest BCUT2D eigenvalue weighted by atomic mass is 35.5. The van der Waals surface area contributed by atoms with E-state index in [0.717, 1.165) is 11.1 Å². The van der Waals surface area contributed by atoms with E-state index in [1.54, 1.807) is 19.3 Å². The molecule has 0 radical (unpaired) electrons.